The Hall–Kier alpha value is -2.60. The molecule has 0 aromatic heterocycles. The number of carbonyl (C=O) groups excluding carboxylic acids is 1. The van der Waals surface area contributed by atoms with Crippen LogP contribution in [0.3, 0.4) is 0 Å². The van der Waals surface area contributed by atoms with Gasteiger partial charge in [-0.2, -0.15) is 0 Å². The van der Waals surface area contributed by atoms with Crippen LogP contribution in [-0.4, -0.2) is 19.1 Å². The Morgan fingerprint density at radius 1 is 1.09 bits per heavy atom. The molecule has 0 radical (unpaired) electrons. The van der Waals surface area contributed by atoms with Crippen LogP contribution in [0, 0.1) is 5.82 Å². The summed E-state index contributed by atoms with van der Waals surface area (Å²) in [5, 5.41) is 2.71. The summed E-state index contributed by atoms with van der Waals surface area (Å²) < 4.78 is 18.1. The average molecular weight is 303 g/mol. The average Bonchev–Trinajstić information content (AvgIpc) is 2.47. The Kier molecular flexibility index (Phi) is 5.32. The zero-order valence-corrected chi connectivity index (χ0v) is 12.0. The zero-order valence-electron chi connectivity index (χ0n) is 12.0. The highest BCUT2D eigenvalue weighted by molar-refractivity contribution is 5.96. The van der Waals surface area contributed by atoms with Crippen molar-refractivity contribution in [2.24, 2.45) is 0 Å². The van der Waals surface area contributed by atoms with Crippen LogP contribution in [0.2, 0.25) is 0 Å². The zero-order chi connectivity index (χ0) is 15.9. The second-order valence-electron chi connectivity index (χ2n) is 4.82. The highest BCUT2D eigenvalue weighted by atomic mass is 19.1. The molecule has 0 saturated heterocycles. The fraction of sp³-hybridized carbons (Fsp3) is 0.188. The third-order valence-electron chi connectivity index (χ3n) is 2.95. The SMILES string of the molecule is Nc1cc(N)cc(C(=O)NCCOCc2ccc(F)cc2)c1. The molecule has 0 fully saturated rings. The molecule has 2 rings (SSSR count). The number of benzene rings is 2. The molecule has 0 bridgehead atoms. The molecule has 0 saturated carbocycles. The van der Waals surface area contributed by atoms with E-state index in [0.717, 1.165) is 5.56 Å². The van der Waals surface area contributed by atoms with E-state index >= 15 is 0 Å². The summed E-state index contributed by atoms with van der Waals surface area (Å²) in [5.41, 5.74) is 13.4. The Labute approximate surface area is 128 Å². The second-order valence-corrected chi connectivity index (χ2v) is 4.82. The number of hydrogen-bond acceptors (Lipinski definition) is 4. The maximum Gasteiger partial charge on any atom is 0.251 e. The van der Waals surface area contributed by atoms with Gasteiger partial charge in [-0.05, 0) is 35.9 Å². The number of anilines is 2. The first-order valence-electron chi connectivity index (χ1n) is 6.81. The van der Waals surface area contributed by atoms with Crippen LogP contribution in [0.4, 0.5) is 15.8 Å². The summed E-state index contributed by atoms with van der Waals surface area (Å²) in [6.07, 6.45) is 0. The summed E-state index contributed by atoms with van der Waals surface area (Å²) in [6.45, 7) is 1.07. The lowest BCUT2D eigenvalue weighted by atomic mass is 10.1. The summed E-state index contributed by atoms with van der Waals surface area (Å²) in [7, 11) is 0. The van der Waals surface area contributed by atoms with E-state index in [1.165, 1.54) is 12.1 Å². The van der Waals surface area contributed by atoms with E-state index < -0.39 is 0 Å². The van der Waals surface area contributed by atoms with Crippen LogP contribution in [-0.2, 0) is 11.3 Å². The molecule has 0 aliphatic heterocycles. The topological polar surface area (TPSA) is 90.4 Å². The molecule has 0 aliphatic carbocycles. The van der Waals surface area contributed by atoms with Crippen molar-refractivity contribution in [2.75, 3.05) is 24.6 Å². The largest absolute Gasteiger partial charge is 0.399 e. The van der Waals surface area contributed by atoms with Gasteiger partial charge in [-0.25, -0.2) is 4.39 Å². The van der Waals surface area contributed by atoms with Crippen LogP contribution in [0.15, 0.2) is 42.5 Å². The van der Waals surface area contributed by atoms with Crippen LogP contribution in [0.25, 0.3) is 0 Å². The fourth-order valence-corrected chi connectivity index (χ4v) is 1.92. The van der Waals surface area contributed by atoms with E-state index in [1.807, 2.05) is 0 Å². The molecular weight excluding hydrogens is 285 g/mol. The van der Waals surface area contributed by atoms with Crippen LogP contribution < -0.4 is 16.8 Å². The van der Waals surface area contributed by atoms with Crippen molar-refractivity contribution in [3.8, 4) is 0 Å². The predicted molar refractivity (Wildman–Crippen MR) is 83.7 cm³/mol. The number of nitrogens with one attached hydrogen (secondary N) is 1. The van der Waals surface area contributed by atoms with Crippen molar-refractivity contribution in [3.05, 3.63) is 59.4 Å². The molecule has 22 heavy (non-hydrogen) atoms. The first kappa shape index (κ1) is 15.8. The van der Waals surface area contributed by atoms with Crippen molar-refractivity contribution in [1.29, 1.82) is 0 Å². The highest BCUT2D eigenvalue weighted by Crippen LogP contribution is 2.13. The smallest absolute Gasteiger partial charge is 0.251 e. The molecule has 1 amide bonds. The Balaban J connectivity index is 1.72. The predicted octanol–water partition coefficient (Wildman–Crippen LogP) is 1.94. The van der Waals surface area contributed by atoms with Gasteiger partial charge in [-0.1, -0.05) is 12.1 Å². The van der Waals surface area contributed by atoms with Crippen molar-refractivity contribution < 1.29 is 13.9 Å². The maximum atomic E-state index is 12.7. The van der Waals surface area contributed by atoms with E-state index in [9.17, 15) is 9.18 Å². The highest BCUT2D eigenvalue weighted by Gasteiger charge is 2.06. The van der Waals surface area contributed by atoms with E-state index in [-0.39, 0.29) is 11.7 Å². The van der Waals surface area contributed by atoms with Gasteiger partial charge in [0.15, 0.2) is 0 Å². The first-order valence-corrected chi connectivity index (χ1v) is 6.81. The van der Waals surface area contributed by atoms with E-state index in [1.54, 1.807) is 30.3 Å². The van der Waals surface area contributed by atoms with Gasteiger partial charge in [-0.3, -0.25) is 4.79 Å². The number of ether oxygens (including phenoxy) is 1. The third kappa shape index (κ3) is 4.75. The standard InChI is InChI=1S/C16H18FN3O2/c17-13-3-1-11(2-4-13)10-22-6-5-20-16(21)12-7-14(18)9-15(19)8-12/h1-4,7-9H,5-6,10,18-19H2,(H,20,21). The van der Waals surface area contributed by atoms with Crippen LogP contribution in [0.1, 0.15) is 15.9 Å². The molecular formula is C16H18FN3O2. The van der Waals surface area contributed by atoms with E-state index in [2.05, 4.69) is 5.32 Å². The van der Waals surface area contributed by atoms with Gasteiger partial charge >= 0.3 is 0 Å². The number of nitrogen functional groups attached to an aromatic ring is 2. The Bertz CT molecular complexity index is 624. The normalized spacial score (nSPS) is 10.4. The molecule has 5 N–H and O–H groups in total. The summed E-state index contributed by atoms with van der Waals surface area (Å²) in [4.78, 5) is 11.9. The molecule has 0 atom stereocenters. The van der Waals surface area contributed by atoms with Gasteiger partial charge in [0.05, 0.1) is 13.2 Å². The van der Waals surface area contributed by atoms with Gasteiger partial charge in [0.2, 0.25) is 0 Å². The Morgan fingerprint density at radius 2 is 1.73 bits per heavy atom. The van der Waals surface area contributed by atoms with Gasteiger partial charge in [0.25, 0.3) is 5.91 Å². The number of carbonyl (C=O) groups is 1. The summed E-state index contributed by atoms with van der Waals surface area (Å²) in [6, 6.07) is 10.8. The van der Waals surface area contributed by atoms with Crippen LogP contribution in [0.5, 0.6) is 0 Å². The number of rotatable bonds is 6. The monoisotopic (exact) mass is 303 g/mol. The molecule has 0 unspecified atom stereocenters. The molecule has 116 valence electrons. The second kappa shape index (κ2) is 7.42. The molecule has 5 nitrogen and oxygen atoms in total. The van der Waals surface area contributed by atoms with Crippen LogP contribution >= 0.6 is 0 Å². The van der Waals surface area contributed by atoms with E-state index in [0.29, 0.717) is 36.7 Å². The van der Waals surface area contributed by atoms with Gasteiger partial charge in [0.1, 0.15) is 5.82 Å². The molecule has 2 aromatic rings. The Morgan fingerprint density at radius 3 is 2.36 bits per heavy atom. The number of nitrogens with two attached hydrogens (primary N) is 2. The van der Waals surface area contributed by atoms with Gasteiger partial charge < -0.3 is 21.5 Å². The molecule has 0 heterocycles. The van der Waals surface area contributed by atoms with E-state index in [4.69, 9.17) is 16.2 Å². The van der Waals surface area contributed by atoms with Crippen molar-refractivity contribution in [2.45, 2.75) is 6.61 Å². The number of hydrogen-bond donors (Lipinski definition) is 3. The summed E-state index contributed by atoms with van der Waals surface area (Å²) in [5.74, 6) is -0.540. The van der Waals surface area contributed by atoms with Gasteiger partial charge in [0, 0.05) is 23.5 Å². The molecule has 0 aliphatic rings. The lowest BCUT2D eigenvalue weighted by Crippen LogP contribution is -2.27. The molecule has 2 aromatic carbocycles. The fourth-order valence-electron chi connectivity index (χ4n) is 1.92. The third-order valence-corrected chi connectivity index (χ3v) is 2.95. The molecule has 6 heteroatoms. The van der Waals surface area contributed by atoms with Crippen molar-refractivity contribution >= 4 is 17.3 Å². The first-order chi connectivity index (χ1) is 10.5. The minimum Gasteiger partial charge on any atom is -0.399 e. The summed E-state index contributed by atoms with van der Waals surface area (Å²) >= 11 is 0. The minimum atomic E-state index is -0.280. The number of amides is 1. The van der Waals surface area contributed by atoms with Crippen molar-refractivity contribution in [1.82, 2.24) is 5.32 Å². The van der Waals surface area contributed by atoms with Crippen molar-refractivity contribution in [3.63, 3.8) is 0 Å². The lowest BCUT2D eigenvalue weighted by Gasteiger charge is -2.08. The maximum absolute atomic E-state index is 12.7. The molecule has 0 spiro atoms. The quantitative estimate of drug-likeness (QED) is 0.562. The number of halogens is 1. The van der Waals surface area contributed by atoms with Gasteiger partial charge in [-0.15, -0.1) is 0 Å². The minimum absolute atomic E-state index is 0.260. The lowest BCUT2D eigenvalue weighted by molar-refractivity contribution is 0.0901.